The van der Waals surface area contributed by atoms with Crippen LogP contribution in [0.25, 0.3) is 0 Å². The summed E-state index contributed by atoms with van der Waals surface area (Å²) in [7, 11) is 1.52. The van der Waals surface area contributed by atoms with Crippen LogP contribution in [0, 0.1) is 15.9 Å². The molecule has 0 bridgehead atoms. The lowest BCUT2D eigenvalue weighted by Crippen LogP contribution is -2.04. The summed E-state index contributed by atoms with van der Waals surface area (Å²) in [6.07, 6.45) is 1.09. The quantitative estimate of drug-likeness (QED) is 0.437. The van der Waals surface area contributed by atoms with Gasteiger partial charge in [-0.15, -0.1) is 0 Å². The molecule has 0 saturated carbocycles. The predicted octanol–water partition coefficient (Wildman–Crippen LogP) is 4.83. The number of halogens is 2. The molecule has 27 heavy (non-hydrogen) atoms. The van der Waals surface area contributed by atoms with E-state index in [1.165, 1.54) is 19.2 Å². The molecule has 1 heterocycles. The topological polar surface area (TPSA) is 99.4 Å². The molecule has 3 rings (SSSR count). The standard InChI is InChI=1S/C17H12BrFN4O4/c1-26-11-3-5-12(6-4-11)27-17-15(23(24)25)16(20-9-21-17)22-14-7-2-10(18)8-13(14)19/h2-9H,1H3,(H,20,21,22). The monoisotopic (exact) mass is 434 g/mol. The zero-order valence-corrected chi connectivity index (χ0v) is 15.4. The normalized spacial score (nSPS) is 10.3. The number of nitrogens with zero attached hydrogens (tertiary/aromatic N) is 3. The lowest BCUT2D eigenvalue weighted by atomic mass is 10.3. The van der Waals surface area contributed by atoms with Gasteiger partial charge in [0.25, 0.3) is 0 Å². The summed E-state index contributed by atoms with van der Waals surface area (Å²) in [5, 5.41) is 14.2. The van der Waals surface area contributed by atoms with Gasteiger partial charge in [0.15, 0.2) is 0 Å². The number of rotatable bonds is 6. The Kier molecular flexibility index (Phi) is 5.46. The van der Waals surface area contributed by atoms with Gasteiger partial charge in [-0.05, 0) is 42.5 Å². The minimum Gasteiger partial charge on any atom is -0.497 e. The van der Waals surface area contributed by atoms with Gasteiger partial charge in [0, 0.05) is 4.47 Å². The molecule has 0 unspecified atom stereocenters. The molecule has 2 aromatic carbocycles. The van der Waals surface area contributed by atoms with Gasteiger partial charge < -0.3 is 14.8 Å². The number of anilines is 2. The van der Waals surface area contributed by atoms with Crippen molar-refractivity contribution in [3.05, 3.63) is 69.2 Å². The van der Waals surface area contributed by atoms with Gasteiger partial charge in [-0.1, -0.05) is 15.9 Å². The molecular weight excluding hydrogens is 423 g/mol. The second-order valence-electron chi connectivity index (χ2n) is 5.16. The first kappa shape index (κ1) is 18.5. The second-order valence-corrected chi connectivity index (χ2v) is 6.08. The number of methoxy groups -OCH3 is 1. The van der Waals surface area contributed by atoms with E-state index in [2.05, 4.69) is 31.2 Å². The van der Waals surface area contributed by atoms with E-state index in [1.54, 1.807) is 30.3 Å². The highest BCUT2D eigenvalue weighted by atomic mass is 79.9. The molecule has 0 aliphatic heterocycles. The van der Waals surface area contributed by atoms with Crippen LogP contribution in [0.4, 0.5) is 21.6 Å². The average molecular weight is 435 g/mol. The Morgan fingerprint density at radius 1 is 1.15 bits per heavy atom. The molecule has 0 radical (unpaired) electrons. The van der Waals surface area contributed by atoms with Crippen LogP contribution in [-0.2, 0) is 0 Å². The van der Waals surface area contributed by atoms with Crippen LogP contribution in [0.2, 0.25) is 0 Å². The summed E-state index contributed by atoms with van der Waals surface area (Å²) in [5.41, 5.74) is -0.494. The van der Waals surface area contributed by atoms with Crippen LogP contribution in [-0.4, -0.2) is 22.0 Å². The van der Waals surface area contributed by atoms with Crippen molar-refractivity contribution in [2.45, 2.75) is 0 Å². The molecule has 3 aromatic rings. The summed E-state index contributed by atoms with van der Waals surface area (Å²) < 4.78 is 25.1. The summed E-state index contributed by atoms with van der Waals surface area (Å²) in [5.74, 6) is -0.152. The zero-order chi connectivity index (χ0) is 19.4. The second kappa shape index (κ2) is 7.96. The minimum absolute atomic E-state index is 0.0235. The van der Waals surface area contributed by atoms with E-state index < -0.39 is 16.4 Å². The van der Waals surface area contributed by atoms with E-state index in [4.69, 9.17) is 9.47 Å². The third kappa shape index (κ3) is 4.29. The van der Waals surface area contributed by atoms with Crippen molar-refractivity contribution in [2.24, 2.45) is 0 Å². The number of nitro groups is 1. The summed E-state index contributed by atoms with van der Waals surface area (Å²) in [6, 6.07) is 10.7. The van der Waals surface area contributed by atoms with E-state index in [1.807, 2.05) is 0 Å². The van der Waals surface area contributed by atoms with Crippen LogP contribution in [0.3, 0.4) is 0 Å². The summed E-state index contributed by atoms with van der Waals surface area (Å²) in [4.78, 5) is 18.5. The Bertz CT molecular complexity index is 985. The van der Waals surface area contributed by atoms with Crippen molar-refractivity contribution < 1.29 is 18.8 Å². The third-order valence-electron chi connectivity index (χ3n) is 3.43. The van der Waals surface area contributed by atoms with Crippen LogP contribution in [0.15, 0.2) is 53.3 Å². The fourth-order valence-corrected chi connectivity index (χ4v) is 2.50. The van der Waals surface area contributed by atoms with Crippen LogP contribution >= 0.6 is 15.9 Å². The van der Waals surface area contributed by atoms with E-state index in [0.29, 0.717) is 16.0 Å². The maximum Gasteiger partial charge on any atom is 0.373 e. The smallest absolute Gasteiger partial charge is 0.373 e. The Morgan fingerprint density at radius 2 is 1.85 bits per heavy atom. The molecule has 138 valence electrons. The van der Waals surface area contributed by atoms with E-state index >= 15 is 0 Å². The molecule has 0 fully saturated rings. The van der Waals surface area contributed by atoms with E-state index in [-0.39, 0.29) is 17.4 Å². The SMILES string of the molecule is COc1ccc(Oc2ncnc(Nc3ccc(Br)cc3F)c2[N+](=O)[O-])cc1. The molecule has 1 aromatic heterocycles. The highest BCUT2D eigenvalue weighted by Gasteiger charge is 2.26. The van der Waals surface area contributed by atoms with Crippen LogP contribution in [0.5, 0.6) is 17.4 Å². The van der Waals surface area contributed by atoms with Gasteiger partial charge in [0.1, 0.15) is 23.6 Å². The lowest BCUT2D eigenvalue weighted by Gasteiger charge is -2.10. The first-order valence-electron chi connectivity index (χ1n) is 7.51. The fourth-order valence-electron chi connectivity index (χ4n) is 2.17. The van der Waals surface area contributed by atoms with Gasteiger partial charge in [-0.3, -0.25) is 10.1 Å². The van der Waals surface area contributed by atoms with Crippen molar-refractivity contribution in [1.29, 1.82) is 0 Å². The molecule has 0 aliphatic rings. The molecule has 1 N–H and O–H groups in total. The molecule has 0 spiro atoms. The first-order chi connectivity index (χ1) is 13.0. The van der Waals surface area contributed by atoms with Crippen molar-refractivity contribution >= 4 is 33.1 Å². The number of ether oxygens (including phenoxy) is 2. The highest BCUT2D eigenvalue weighted by molar-refractivity contribution is 9.10. The Balaban J connectivity index is 1.95. The zero-order valence-electron chi connectivity index (χ0n) is 13.8. The molecular formula is C17H12BrFN4O4. The molecule has 0 aliphatic carbocycles. The lowest BCUT2D eigenvalue weighted by molar-refractivity contribution is -0.385. The molecule has 0 atom stereocenters. The maximum absolute atomic E-state index is 14.0. The third-order valence-corrected chi connectivity index (χ3v) is 3.92. The van der Waals surface area contributed by atoms with Crippen LogP contribution in [0.1, 0.15) is 0 Å². The van der Waals surface area contributed by atoms with Gasteiger partial charge in [-0.2, -0.15) is 4.98 Å². The van der Waals surface area contributed by atoms with Gasteiger partial charge in [-0.25, -0.2) is 9.37 Å². The maximum atomic E-state index is 14.0. The summed E-state index contributed by atoms with van der Waals surface area (Å²) >= 11 is 3.15. The minimum atomic E-state index is -0.696. The number of benzene rings is 2. The van der Waals surface area contributed by atoms with Gasteiger partial charge in [0.05, 0.1) is 17.7 Å². The molecule has 0 amide bonds. The Morgan fingerprint density at radius 3 is 2.48 bits per heavy atom. The number of nitrogens with one attached hydrogen (secondary N) is 1. The fraction of sp³-hybridized carbons (Fsp3) is 0.0588. The van der Waals surface area contributed by atoms with Crippen LogP contribution < -0.4 is 14.8 Å². The highest BCUT2D eigenvalue weighted by Crippen LogP contribution is 2.36. The number of hydrogen-bond acceptors (Lipinski definition) is 7. The Labute approximate surface area is 161 Å². The largest absolute Gasteiger partial charge is 0.497 e. The Hall–Kier alpha value is -3.27. The van der Waals surface area contributed by atoms with Crippen molar-refractivity contribution in [1.82, 2.24) is 9.97 Å². The van der Waals surface area contributed by atoms with Crippen molar-refractivity contribution in [3.8, 4) is 17.4 Å². The molecule has 10 heteroatoms. The predicted molar refractivity (Wildman–Crippen MR) is 99.1 cm³/mol. The van der Waals surface area contributed by atoms with E-state index in [0.717, 1.165) is 6.33 Å². The molecule has 0 saturated heterocycles. The average Bonchev–Trinajstić information content (AvgIpc) is 2.64. The van der Waals surface area contributed by atoms with E-state index in [9.17, 15) is 14.5 Å². The number of hydrogen-bond donors (Lipinski definition) is 1. The van der Waals surface area contributed by atoms with Gasteiger partial charge in [0.2, 0.25) is 5.82 Å². The number of aromatic nitrogens is 2. The molecule has 8 nitrogen and oxygen atoms in total. The van der Waals surface area contributed by atoms with Crippen molar-refractivity contribution in [3.63, 3.8) is 0 Å². The first-order valence-corrected chi connectivity index (χ1v) is 8.30. The summed E-state index contributed by atoms with van der Waals surface area (Å²) in [6.45, 7) is 0. The van der Waals surface area contributed by atoms with Gasteiger partial charge >= 0.3 is 11.6 Å². The van der Waals surface area contributed by atoms with Crippen molar-refractivity contribution in [2.75, 3.05) is 12.4 Å².